The molecule has 0 aliphatic carbocycles. The molecular formula is C35H25ClF2N2O4S. The van der Waals surface area contributed by atoms with Crippen LogP contribution in [0.1, 0.15) is 35.2 Å². The standard InChI is InChI=1S/C35H25ClF2N2O4S/c1-2-43-34(42)30-31(22-6-4-3-5-7-22)39-35-40(32(30)23-10-15-27(38)16-11-23)33(41)29(45-35)19-24-18-25(36)12-17-28(24)44-20-21-8-13-26(37)14-9-21/h3-19,32H,2,20H2,1H3/b29-19-/t32-/m1/s1. The fraction of sp³-hybridized carbons (Fsp3) is 0.114. The number of carbonyl (C=O) groups excluding carboxylic acids is 1. The summed E-state index contributed by atoms with van der Waals surface area (Å²) in [6.45, 7) is 1.97. The lowest BCUT2D eigenvalue weighted by atomic mass is 9.93. The number of benzene rings is 4. The molecule has 0 amide bonds. The minimum atomic E-state index is -0.938. The Labute approximate surface area is 265 Å². The molecule has 1 aromatic heterocycles. The van der Waals surface area contributed by atoms with E-state index in [4.69, 9.17) is 26.1 Å². The maximum absolute atomic E-state index is 14.2. The number of hydrogen-bond acceptors (Lipinski definition) is 6. The zero-order valence-electron chi connectivity index (χ0n) is 23.9. The van der Waals surface area contributed by atoms with Crippen molar-refractivity contribution >= 4 is 40.7 Å². The van der Waals surface area contributed by atoms with Crippen molar-refractivity contribution in [3.8, 4) is 5.75 Å². The highest BCUT2D eigenvalue weighted by Crippen LogP contribution is 2.35. The van der Waals surface area contributed by atoms with Gasteiger partial charge in [-0.1, -0.05) is 77.5 Å². The van der Waals surface area contributed by atoms with Gasteiger partial charge in [-0.2, -0.15) is 0 Å². The molecule has 1 aliphatic rings. The molecule has 6 rings (SSSR count). The van der Waals surface area contributed by atoms with Crippen LogP contribution >= 0.6 is 22.9 Å². The van der Waals surface area contributed by atoms with E-state index >= 15 is 0 Å². The lowest BCUT2D eigenvalue weighted by Gasteiger charge is -2.25. The lowest BCUT2D eigenvalue weighted by molar-refractivity contribution is -0.138. The minimum Gasteiger partial charge on any atom is -0.488 e. The zero-order valence-corrected chi connectivity index (χ0v) is 25.4. The second-order valence-corrected chi connectivity index (χ2v) is 11.5. The van der Waals surface area contributed by atoms with Gasteiger partial charge >= 0.3 is 5.97 Å². The number of thiazole rings is 1. The number of nitrogens with zero attached hydrogens (tertiary/aromatic N) is 2. The zero-order chi connectivity index (χ0) is 31.5. The third-order valence-electron chi connectivity index (χ3n) is 7.13. The van der Waals surface area contributed by atoms with Gasteiger partial charge in [-0.15, -0.1) is 0 Å². The van der Waals surface area contributed by atoms with Crippen LogP contribution in [0, 0.1) is 11.6 Å². The van der Waals surface area contributed by atoms with Crippen LogP contribution in [0.2, 0.25) is 5.02 Å². The van der Waals surface area contributed by atoms with Crippen LogP contribution in [0.5, 0.6) is 5.75 Å². The monoisotopic (exact) mass is 642 g/mol. The lowest BCUT2D eigenvalue weighted by Crippen LogP contribution is -2.40. The molecule has 0 N–H and O–H groups in total. The first kappa shape index (κ1) is 30.2. The first-order valence-electron chi connectivity index (χ1n) is 14.0. The molecule has 0 bridgehead atoms. The van der Waals surface area contributed by atoms with Crippen molar-refractivity contribution in [3.05, 3.63) is 161 Å². The number of carbonyl (C=O) groups is 1. The van der Waals surface area contributed by atoms with Crippen molar-refractivity contribution < 1.29 is 23.0 Å². The summed E-state index contributed by atoms with van der Waals surface area (Å²) in [4.78, 5) is 32.9. The highest BCUT2D eigenvalue weighted by molar-refractivity contribution is 7.07. The molecule has 0 saturated heterocycles. The Morgan fingerprint density at radius 1 is 0.978 bits per heavy atom. The van der Waals surface area contributed by atoms with E-state index in [1.165, 1.54) is 28.8 Å². The Morgan fingerprint density at radius 3 is 2.36 bits per heavy atom. The summed E-state index contributed by atoms with van der Waals surface area (Å²) in [6.07, 6.45) is 1.66. The largest absolute Gasteiger partial charge is 0.488 e. The molecule has 0 saturated carbocycles. The van der Waals surface area contributed by atoms with Gasteiger partial charge in [0.1, 0.15) is 24.0 Å². The van der Waals surface area contributed by atoms with Crippen molar-refractivity contribution in [2.75, 3.05) is 6.61 Å². The molecule has 0 unspecified atom stereocenters. The summed E-state index contributed by atoms with van der Waals surface area (Å²) in [5.41, 5.74) is 2.60. The third-order valence-corrected chi connectivity index (χ3v) is 8.34. The molecule has 6 nitrogen and oxygen atoms in total. The number of aromatic nitrogens is 1. The van der Waals surface area contributed by atoms with E-state index in [0.29, 0.717) is 42.5 Å². The fourth-order valence-corrected chi connectivity index (χ4v) is 6.22. The molecule has 5 aromatic rings. The molecule has 0 fully saturated rings. The van der Waals surface area contributed by atoms with Crippen molar-refractivity contribution in [3.63, 3.8) is 0 Å². The van der Waals surface area contributed by atoms with Crippen LogP contribution in [-0.2, 0) is 16.1 Å². The van der Waals surface area contributed by atoms with Crippen LogP contribution in [0.3, 0.4) is 0 Å². The van der Waals surface area contributed by atoms with Crippen molar-refractivity contribution in [1.82, 2.24) is 4.57 Å². The highest BCUT2D eigenvalue weighted by Gasteiger charge is 2.35. The Bertz CT molecular complexity index is 2090. The normalized spacial score (nSPS) is 14.6. The van der Waals surface area contributed by atoms with Gasteiger partial charge in [0.2, 0.25) is 0 Å². The molecule has 45 heavy (non-hydrogen) atoms. The molecule has 1 aliphatic heterocycles. The number of rotatable bonds is 8. The second kappa shape index (κ2) is 13.0. The summed E-state index contributed by atoms with van der Waals surface area (Å²) in [5, 5.41) is 0.434. The topological polar surface area (TPSA) is 69.9 Å². The molecule has 1 atom stereocenters. The van der Waals surface area contributed by atoms with Crippen LogP contribution < -0.4 is 19.6 Å². The molecule has 0 spiro atoms. The highest BCUT2D eigenvalue weighted by atomic mass is 35.5. The van der Waals surface area contributed by atoms with E-state index in [9.17, 15) is 18.4 Å². The van der Waals surface area contributed by atoms with Gasteiger partial charge in [0, 0.05) is 16.1 Å². The van der Waals surface area contributed by atoms with Gasteiger partial charge in [-0.25, -0.2) is 18.6 Å². The Kier molecular flexibility index (Phi) is 8.73. The van der Waals surface area contributed by atoms with E-state index in [1.807, 2.05) is 30.3 Å². The number of ether oxygens (including phenoxy) is 2. The number of fused-ring (bicyclic) bond motifs is 1. The van der Waals surface area contributed by atoms with Gasteiger partial charge in [0.25, 0.3) is 5.56 Å². The van der Waals surface area contributed by atoms with Crippen LogP contribution in [-0.4, -0.2) is 17.1 Å². The predicted molar refractivity (Wildman–Crippen MR) is 170 cm³/mol. The average Bonchev–Trinajstić information content (AvgIpc) is 3.35. The summed E-state index contributed by atoms with van der Waals surface area (Å²) in [7, 11) is 0. The first-order valence-corrected chi connectivity index (χ1v) is 15.2. The van der Waals surface area contributed by atoms with Crippen LogP contribution in [0.4, 0.5) is 8.78 Å². The molecule has 0 radical (unpaired) electrons. The Balaban J connectivity index is 1.53. The number of hydrogen-bond donors (Lipinski definition) is 0. The minimum absolute atomic E-state index is 0.112. The van der Waals surface area contributed by atoms with E-state index in [-0.39, 0.29) is 24.6 Å². The van der Waals surface area contributed by atoms with Crippen LogP contribution in [0.25, 0.3) is 11.8 Å². The quantitative estimate of drug-likeness (QED) is 0.183. The number of esters is 1. The van der Waals surface area contributed by atoms with Gasteiger partial charge in [-0.05, 0) is 66.6 Å². The SMILES string of the molecule is CCOC(=O)C1=C(c2ccccc2)N=c2s/c(=C\c3cc(Cl)ccc3OCc3ccc(F)cc3)c(=O)n2[C@@H]1c1ccc(F)cc1. The van der Waals surface area contributed by atoms with E-state index in [2.05, 4.69) is 0 Å². The van der Waals surface area contributed by atoms with Crippen molar-refractivity contribution in [1.29, 1.82) is 0 Å². The summed E-state index contributed by atoms with van der Waals surface area (Å²) in [5.74, 6) is -0.969. The van der Waals surface area contributed by atoms with Gasteiger partial charge < -0.3 is 9.47 Å². The van der Waals surface area contributed by atoms with E-state index in [0.717, 1.165) is 16.9 Å². The predicted octanol–water partition coefficient (Wildman–Crippen LogP) is 6.45. The van der Waals surface area contributed by atoms with E-state index < -0.39 is 23.4 Å². The fourth-order valence-electron chi connectivity index (χ4n) is 5.05. The Hall–Kier alpha value is -4.86. The first-order chi connectivity index (χ1) is 21.8. The molecule has 2 heterocycles. The molecule has 226 valence electrons. The van der Waals surface area contributed by atoms with Crippen molar-refractivity contribution in [2.24, 2.45) is 4.99 Å². The maximum atomic E-state index is 14.2. The van der Waals surface area contributed by atoms with Gasteiger partial charge in [-0.3, -0.25) is 9.36 Å². The summed E-state index contributed by atoms with van der Waals surface area (Å²) >= 11 is 7.48. The Morgan fingerprint density at radius 2 is 1.67 bits per heavy atom. The smallest absolute Gasteiger partial charge is 0.338 e. The average molecular weight is 643 g/mol. The van der Waals surface area contributed by atoms with Crippen molar-refractivity contribution in [2.45, 2.75) is 19.6 Å². The van der Waals surface area contributed by atoms with Gasteiger partial charge in [0.05, 0.1) is 28.5 Å². The third kappa shape index (κ3) is 6.36. The van der Waals surface area contributed by atoms with Crippen LogP contribution in [0.15, 0.2) is 112 Å². The second-order valence-electron chi connectivity index (χ2n) is 10.1. The number of halogens is 3. The maximum Gasteiger partial charge on any atom is 0.338 e. The summed E-state index contributed by atoms with van der Waals surface area (Å²) in [6, 6.07) is 24.9. The van der Waals surface area contributed by atoms with E-state index in [1.54, 1.807) is 55.5 Å². The summed E-state index contributed by atoms with van der Waals surface area (Å²) < 4.78 is 40.6. The molecule has 4 aromatic carbocycles. The van der Waals surface area contributed by atoms with Gasteiger partial charge in [0.15, 0.2) is 4.80 Å². The molecular weight excluding hydrogens is 618 g/mol. The molecule has 10 heteroatoms.